The Hall–Kier alpha value is -0.870. The van der Waals surface area contributed by atoms with Crippen molar-refractivity contribution in [1.29, 1.82) is 0 Å². The molecule has 2 N–H and O–H groups in total. The lowest BCUT2D eigenvalue weighted by Crippen LogP contribution is -2.15. The summed E-state index contributed by atoms with van der Waals surface area (Å²) in [6.07, 6.45) is 0.605. The summed E-state index contributed by atoms with van der Waals surface area (Å²) < 4.78 is 24.4. The molecule has 0 saturated carbocycles. The number of nitrogens with two attached hydrogens (primary N) is 1. The second-order valence-electron chi connectivity index (χ2n) is 4.83. The molecule has 0 spiro atoms. The fraction of sp³-hybridized carbons (Fsp3) is 0.538. The second-order valence-corrected chi connectivity index (χ2v) is 6.83. The maximum absolute atomic E-state index is 12.2. The van der Waals surface area contributed by atoms with Gasteiger partial charge in [0.2, 0.25) is 0 Å². The van der Waals surface area contributed by atoms with Crippen LogP contribution in [0, 0.1) is 12.8 Å². The first kappa shape index (κ1) is 14.2. The molecule has 0 aliphatic heterocycles. The van der Waals surface area contributed by atoms with Crippen LogP contribution >= 0.6 is 0 Å². The van der Waals surface area contributed by atoms with Crippen molar-refractivity contribution >= 4 is 9.84 Å². The molecule has 96 valence electrons. The first-order chi connectivity index (χ1) is 7.86. The zero-order chi connectivity index (χ0) is 13.1. The third-order valence-corrected chi connectivity index (χ3v) is 4.69. The van der Waals surface area contributed by atoms with Crippen LogP contribution in [0.4, 0.5) is 0 Å². The molecule has 0 amide bonds. The van der Waals surface area contributed by atoms with Crippen LogP contribution in [-0.2, 0) is 16.3 Å². The molecule has 0 unspecified atom stereocenters. The lowest BCUT2D eigenvalue weighted by molar-refractivity contribution is 0.581. The van der Waals surface area contributed by atoms with Crippen molar-refractivity contribution in [2.24, 2.45) is 11.7 Å². The molecule has 3 nitrogen and oxygen atoms in total. The minimum atomic E-state index is -3.18. The molecular weight excluding hydrogens is 234 g/mol. The summed E-state index contributed by atoms with van der Waals surface area (Å²) in [6, 6.07) is 5.46. The minimum Gasteiger partial charge on any atom is -0.330 e. The van der Waals surface area contributed by atoms with Gasteiger partial charge in [-0.2, -0.15) is 0 Å². The summed E-state index contributed by atoms with van der Waals surface area (Å²) >= 11 is 0. The van der Waals surface area contributed by atoms with Gasteiger partial charge in [-0.15, -0.1) is 0 Å². The fourth-order valence-electron chi connectivity index (χ4n) is 1.89. The molecule has 4 heteroatoms. The van der Waals surface area contributed by atoms with E-state index in [0.29, 0.717) is 17.9 Å². The van der Waals surface area contributed by atoms with Crippen molar-refractivity contribution < 1.29 is 8.42 Å². The van der Waals surface area contributed by atoms with Gasteiger partial charge in [0.15, 0.2) is 9.84 Å². The van der Waals surface area contributed by atoms with E-state index < -0.39 is 9.84 Å². The summed E-state index contributed by atoms with van der Waals surface area (Å²) in [5, 5.41) is 0. The molecule has 1 aromatic carbocycles. The summed E-state index contributed by atoms with van der Waals surface area (Å²) in [5.41, 5.74) is 7.44. The van der Waals surface area contributed by atoms with E-state index in [-0.39, 0.29) is 11.7 Å². The van der Waals surface area contributed by atoms with Gasteiger partial charge in [0.25, 0.3) is 0 Å². The second kappa shape index (κ2) is 5.65. The Labute approximate surface area is 104 Å². The third kappa shape index (κ3) is 3.82. The molecule has 0 saturated heterocycles. The number of aryl methyl sites for hydroxylation is 1. The summed E-state index contributed by atoms with van der Waals surface area (Å²) in [6.45, 7) is 6.25. The lowest BCUT2D eigenvalue weighted by Gasteiger charge is -2.12. The van der Waals surface area contributed by atoms with Crippen molar-refractivity contribution in [3.63, 3.8) is 0 Å². The van der Waals surface area contributed by atoms with E-state index in [1.165, 1.54) is 0 Å². The highest BCUT2D eigenvalue weighted by atomic mass is 32.2. The van der Waals surface area contributed by atoms with E-state index in [0.717, 1.165) is 11.1 Å². The molecular formula is C13H21NO2S. The summed E-state index contributed by atoms with van der Waals surface area (Å²) in [7, 11) is -3.18. The number of hydrogen-bond acceptors (Lipinski definition) is 3. The van der Waals surface area contributed by atoms with Crippen molar-refractivity contribution in [2.75, 3.05) is 12.3 Å². The van der Waals surface area contributed by atoms with Crippen molar-refractivity contribution in [1.82, 2.24) is 0 Å². The SMILES string of the molecule is Cc1ccc(S(=O)(=O)CC(C)C)c(CCN)c1. The molecule has 1 rings (SSSR count). The van der Waals surface area contributed by atoms with E-state index in [1.807, 2.05) is 32.9 Å². The molecule has 0 atom stereocenters. The van der Waals surface area contributed by atoms with Crippen LogP contribution in [0.2, 0.25) is 0 Å². The van der Waals surface area contributed by atoms with Crippen LogP contribution in [-0.4, -0.2) is 20.7 Å². The highest BCUT2D eigenvalue weighted by Gasteiger charge is 2.19. The van der Waals surface area contributed by atoms with Crippen molar-refractivity contribution in [2.45, 2.75) is 32.1 Å². The largest absolute Gasteiger partial charge is 0.330 e. The zero-order valence-electron chi connectivity index (χ0n) is 10.7. The van der Waals surface area contributed by atoms with Gasteiger partial charge >= 0.3 is 0 Å². The topological polar surface area (TPSA) is 60.2 Å². The van der Waals surface area contributed by atoms with Crippen LogP contribution in [0.5, 0.6) is 0 Å². The number of rotatable bonds is 5. The Morgan fingerprint density at radius 2 is 1.94 bits per heavy atom. The standard InChI is InChI=1S/C13H21NO2S/c1-10(2)9-17(15,16)13-5-4-11(3)8-12(13)6-7-14/h4-5,8,10H,6-7,9,14H2,1-3H3. The lowest BCUT2D eigenvalue weighted by atomic mass is 10.1. The fourth-order valence-corrected chi connectivity index (χ4v) is 3.78. The molecule has 0 radical (unpaired) electrons. The van der Waals surface area contributed by atoms with E-state index in [1.54, 1.807) is 6.07 Å². The first-order valence-corrected chi connectivity index (χ1v) is 7.54. The Balaban J connectivity index is 3.20. The van der Waals surface area contributed by atoms with E-state index in [4.69, 9.17) is 5.73 Å². The highest BCUT2D eigenvalue weighted by molar-refractivity contribution is 7.91. The quantitative estimate of drug-likeness (QED) is 0.874. The van der Waals surface area contributed by atoms with Gasteiger partial charge in [-0.05, 0) is 37.4 Å². The van der Waals surface area contributed by atoms with Crippen LogP contribution in [0.1, 0.15) is 25.0 Å². The van der Waals surface area contributed by atoms with Gasteiger partial charge in [0, 0.05) is 0 Å². The van der Waals surface area contributed by atoms with Crippen LogP contribution < -0.4 is 5.73 Å². The predicted octanol–water partition coefficient (Wildman–Crippen LogP) is 1.93. The maximum Gasteiger partial charge on any atom is 0.178 e. The zero-order valence-corrected chi connectivity index (χ0v) is 11.5. The van der Waals surface area contributed by atoms with Gasteiger partial charge in [0.05, 0.1) is 10.6 Å². The van der Waals surface area contributed by atoms with E-state index in [9.17, 15) is 8.42 Å². The number of benzene rings is 1. The van der Waals surface area contributed by atoms with Gasteiger partial charge in [0.1, 0.15) is 0 Å². The number of hydrogen-bond donors (Lipinski definition) is 1. The third-order valence-electron chi connectivity index (χ3n) is 2.52. The monoisotopic (exact) mass is 255 g/mol. The number of sulfone groups is 1. The van der Waals surface area contributed by atoms with E-state index >= 15 is 0 Å². The van der Waals surface area contributed by atoms with Gasteiger partial charge < -0.3 is 5.73 Å². The van der Waals surface area contributed by atoms with Gasteiger partial charge in [-0.3, -0.25) is 0 Å². The Bertz CT molecular complexity index is 478. The Morgan fingerprint density at radius 1 is 1.29 bits per heavy atom. The molecule has 1 aromatic rings. The predicted molar refractivity (Wildman–Crippen MR) is 70.8 cm³/mol. The highest BCUT2D eigenvalue weighted by Crippen LogP contribution is 2.21. The average molecular weight is 255 g/mol. The molecule has 0 aliphatic carbocycles. The Kier molecular flexibility index (Phi) is 4.71. The molecule has 0 aromatic heterocycles. The smallest absolute Gasteiger partial charge is 0.178 e. The van der Waals surface area contributed by atoms with Crippen LogP contribution in [0.3, 0.4) is 0 Å². The molecule has 0 bridgehead atoms. The van der Waals surface area contributed by atoms with Gasteiger partial charge in [-0.1, -0.05) is 31.5 Å². The van der Waals surface area contributed by atoms with Crippen molar-refractivity contribution in [3.8, 4) is 0 Å². The average Bonchev–Trinajstić information content (AvgIpc) is 2.15. The maximum atomic E-state index is 12.2. The minimum absolute atomic E-state index is 0.132. The van der Waals surface area contributed by atoms with Crippen molar-refractivity contribution in [3.05, 3.63) is 29.3 Å². The molecule has 0 fully saturated rings. The summed E-state index contributed by atoms with van der Waals surface area (Å²) in [5.74, 6) is 0.320. The molecule has 17 heavy (non-hydrogen) atoms. The van der Waals surface area contributed by atoms with Gasteiger partial charge in [-0.25, -0.2) is 8.42 Å². The molecule has 0 aliphatic rings. The van der Waals surface area contributed by atoms with E-state index in [2.05, 4.69) is 0 Å². The Morgan fingerprint density at radius 3 is 2.47 bits per heavy atom. The van der Waals surface area contributed by atoms with Crippen LogP contribution in [0.15, 0.2) is 23.1 Å². The van der Waals surface area contributed by atoms with Crippen LogP contribution in [0.25, 0.3) is 0 Å². The first-order valence-electron chi connectivity index (χ1n) is 5.89. The summed E-state index contributed by atoms with van der Waals surface area (Å²) in [4.78, 5) is 0.447. The molecule has 0 heterocycles. The normalized spacial score (nSPS) is 12.1.